The molecule has 4 N–H and O–H groups in total. The van der Waals surface area contributed by atoms with Crippen LogP contribution < -0.4 is 11.5 Å². The Morgan fingerprint density at radius 1 is 1.60 bits per heavy atom. The first kappa shape index (κ1) is 9.15. The van der Waals surface area contributed by atoms with Gasteiger partial charge >= 0.3 is 0 Å². The predicted octanol–water partition coefficient (Wildman–Crippen LogP) is -0.937. The second kappa shape index (κ2) is 8.82. The molecule has 0 spiro atoms. The molecule has 0 heterocycles. The molecular weight excluding hydrogens is 247 g/mol. The van der Waals surface area contributed by atoms with Gasteiger partial charge in [-0.1, -0.05) is 0 Å². The van der Waals surface area contributed by atoms with Gasteiger partial charge in [0.15, 0.2) is 0 Å². The van der Waals surface area contributed by atoms with Gasteiger partial charge < -0.3 is 11.5 Å². The third kappa shape index (κ3) is 12.1. The van der Waals surface area contributed by atoms with E-state index in [9.17, 15) is 0 Å². The summed E-state index contributed by atoms with van der Waals surface area (Å²) < 4.78 is 0. The molecule has 0 aliphatic rings. The summed E-state index contributed by atoms with van der Waals surface area (Å²) in [6.45, 7) is 1.88. The molecule has 0 fully saturated rings. The van der Waals surface area contributed by atoms with Gasteiger partial charge in [-0.15, -0.1) is 6.54 Å². The van der Waals surface area contributed by atoms with Crippen LogP contribution in [-0.2, 0) is 21.1 Å². The van der Waals surface area contributed by atoms with Gasteiger partial charge in [-0.05, 0) is 0 Å². The molecule has 0 aromatic carbocycles. The fraction of sp³-hybridized carbons (Fsp3) is 0.500. The molecule has 0 atom stereocenters. The number of hydrogen-bond donors (Lipinski definition) is 2. The van der Waals surface area contributed by atoms with Crippen LogP contribution in [0.1, 0.15) is 0 Å². The van der Waals surface area contributed by atoms with Crippen LogP contribution in [0.3, 0.4) is 0 Å². The van der Waals surface area contributed by atoms with Gasteiger partial charge in [0.05, 0.1) is 0 Å². The quantitative estimate of drug-likeness (QED) is 0.594. The Bertz CT molecular complexity index is 9.61. The van der Waals surface area contributed by atoms with Crippen LogP contribution >= 0.6 is 0 Å². The van der Waals surface area contributed by atoms with E-state index in [2.05, 4.69) is 0 Å². The number of rotatable bonds is 1. The maximum absolute atomic E-state index is 4.85. The van der Waals surface area contributed by atoms with Crippen LogP contribution in [0.15, 0.2) is 0 Å². The standard InChI is InChI=1S/C2H7N2.Pt/c3-1-2-4;/h1H,2-4H2;/q-1;. The molecule has 0 radical (unpaired) electrons. The Kier molecular flexibility index (Phi) is 16.1. The van der Waals surface area contributed by atoms with E-state index in [-0.39, 0.29) is 21.1 Å². The van der Waals surface area contributed by atoms with E-state index >= 15 is 0 Å². The number of hydrogen-bond acceptors (Lipinski definition) is 2. The first-order valence-electron chi connectivity index (χ1n) is 1.15. The van der Waals surface area contributed by atoms with E-state index in [1.54, 1.807) is 0 Å². The fourth-order valence-electron chi connectivity index (χ4n) is 0. The third-order valence-electron chi connectivity index (χ3n) is 0.136. The molecule has 3 heteroatoms. The normalized spacial score (nSPS) is 6.00. The minimum atomic E-state index is 0. The van der Waals surface area contributed by atoms with E-state index in [0.29, 0.717) is 6.54 Å². The molecule has 36 valence electrons. The molecule has 0 aromatic heterocycles. The fourth-order valence-corrected chi connectivity index (χ4v) is 0. The van der Waals surface area contributed by atoms with Gasteiger partial charge in [-0.3, -0.25) is 6.54 Å². The van der Waals surface area contributed by atoms with Gasteiger partial charge in [0.25, 0.3) is 0 Å². The Morgan fingerprint density at radius 3 is 1.80 bits per heavy atom. The van der Waals surface area contributed by atoms with Crippen molar-refractivity contribution < 1.29 is 21.1 Å². The SMILES string of the molecule is N[CH-]CN.[Pt]. The second-order valence-electron chi connectivity index (χ2n) is 0.471. The van der Waals surface area contributed by atoms with E-state index < -0.39 is 0 Å². The third-order valence-corrected chi connectivity index (χ3v) is 0.136. The van der Waals surface area contributed by atoms with Crippen molar-refractivity contribution in [2.24, 2.45) is 11.5 Å². The molecule has 0 bridgehead atoms. The maximum atomic E-state index is 4.85. The summed E-state index contributed by atoms with van der Waals surface area (Å²) in [5.41, 5.74) is 9.62. The van der Waals surface area contributed by atoms with Crippen LogP contribution in [0.5, 0.6) is 0 Å². The Labute approximate surface area is 46.2 Å². The summed E-state index contributed by atoms with van der Waals surface area (Å²) in [6.07, 6.45) is 0. The van der Waals surface area contributed by atoms with Crippen molar-refractivity contribution in [1.82, 2.24) is 0 Å². The van der Waals surface area contributed by atoms with Crippen molar-refractivity contribution in [2.75, 3.05) is 6.54 Å². The first-order chi connectivity index (χ1) is 1.91. The minimum absolute atomic E-state index is 0. The van der Waals surface area contributed by atoms with Crippen LogP contribution in [0.2, 0.25) is 0 Å². The summed E-state index contributed by atoms with van der Waals surface area (Å²) in [4.78, 5) is 0. The van der Waals surface area contributed by atoms with Crippen molar-refractivity contribution in [1.29, 1.82) is 0 Å². The predicted molar refractivity (Wildman–Crippen MR) is 17.5 cm³/mol. The molecule has 0 aliphatic heterocycles. The zero-order valence-corrected chi connectivity index (χ0v) is 5.03. The molecule has 2 nitrogen and oxygen atoms in total. The van der Waals surface area contributed by atoms with Crippen molar-refractivity contribution in [3.05, 3.63) is 6.54 Å². The molecule has 0 aromatic rings. The summed E-state index contributed by atoms with van der Waals surface area (Å²) in [5, 5.41) is 0. The zero-order valence-electron chi connectivity index (χ0n) is 2.76. The van der Waals surface area contributed by atoms with Crippen LogP contribution in [0.25, 0.3) is 0 Å². The van der Waals surface area contributed by atoms with E-state index in [4.69, 9.17) is 11.5 Å². The van der Waals surface area contributed by atoms with Crippen LogP contribution in [0.4, 0.5) is 0 Å². The smallest absolute Gasteiger partial charge is 0 e. The molecule has 0 unspecified atom stereocenters. The van der Waals surface area contributed by atoms with Crippen molar-refractivity contribution >= 4 is 0 Å². The topological polar surface area (TPSA) is 52.0 Å². The van der Waals surface area contributed by atoms with Crippen molar-refractivity contribution in [2.45, 2.75) is 0 Å². The minimum Gasteiger partial charge on any atom is -0.482 e. The summed E-state index contributed by atoms with van der Waals surface area (Å²) in [7, 11) is 0. The van der Waals surface area contributed by atoms with Crippen LogP contribution in [-0.4, -0.2) is 6.54 Å². The zero-order chi connectivity index (χ0) is 3.41. The number of nitrogens with two attached hydrogens (primary N) is 2. The molecule has 0 saturated heterocycles. The first-order valence-corrected chi connectivity index (χ1v) is 1.15. The largest absolute Gasteiger partial charge is 0.482 e. The molecule has 5 heavy (non-hydrogen) atoms. The summed E-state index contributed by atoms with van der Waals surface area (Å²) in [6, 6.07) is 0. The Balaban J connectivity index is 0. The molecule has 0 aliphatic carbocycles. The average Bonchev–Trinajstić information content (AvgIpc) is 1.37. The van der Waals surface area contributed by atoms with E-state index in [1.807, 2.05) is 0 Å². The second-order valence-corrected chi connectivity index (χ2v) is 0.471. The average molecular weight is 254 g/mol. The molecule has 0 rings (SSSR count). The molecular formula is C2H7N2Pt-. The van der Waals surface area contributed by atoms with E-state index in [0.717, 1.165) is 0 Å². The van der Waals surface area contributed by atoms with Gasteiger partial charge in [-0.2, -0.15) is 0 Å². The van der Waals surface area contributed by atoms with Crippen molar-refractivity contribution in [3.8, 4) is 0 Å². The van der Waals surface area contributed by atoms with Gasteiger partial charge in [-0.25, -0.2) is 0 Å². The van der Waals surface area contributed by atoms with Gasteiger partial charge in [0.2, 0.25) is 0 Å². The Morgan fingerprint density at radius 2 is 1.80 bits per heavy atom. The van der Waals surface area contributed by atoms with Crippen LogP contribution in [0, 0.1) is 6.54 Å². The monoisotopic (exact) mass is 254 g/mol. The van der Waals surface area contributed by atoms with Gasteiger partial charge in [0, 0.05) is 21.1 Å². The Hall–Kier alpha value is 0.608. The van der Waals surface area contributed by atoms with E-state index in [1.165, 1.54) is 6.54 Å². The molecule has 0 saturated carbocycles. The summed E-state index contributed by atoms with van der Waals surface area (Å²) >= 11 is 0. The maximum Gasteiger partial charge on any atom is 0 e. The van der Waals surface area contributed by atoms with Crippen molar-refractivity contribution in [3.63, 3.8) is 0 Å². The van der Waals surface area contributed by atoms with Gasteiger partial charge in [0.1, 0.15) is 0 Å². The summed E-state index contributed by atoms with van der Waals surface area (Å²) in [5.74, 6) is 0. The molecule has 0 amide bonds.